The Labute approximate surface area is 79.9 Å². The van der Waals surface area contributed by atoms with E-state index in [0.29, 0.717) is 12.4 Å². The minimum Gasteiger partial charge on any atom is -0.298 e. The van der Waals surface area contributed by atoms with Gasteiger partial charge >= 0.3 is 6.18 Å². The van der Waals surface area contributed by atoms with E-state index in [2.05, 4.69) is 20.9 Å². The summed E-state index contributed by atoms with van der Waals surface area (Å²) in [4.78, 5) is 13.4. The summed E-state index contributed by atoms with van der Waals surface area (Å²) in [5.74, 6) is 0. The van der Waals surface area contributed by atoms with Crippen molar-refractivity contribution in [3.63, 3.8) is 0 Å². The number of alkyl halides is 3. The van der Waals surface area contributed by atoms with Crippen LogP contribution in [0.3, 0.4) is 0 Å². The Morgan fingerprint density at radius 3 is 2.46 bits per heavy atom. The molecule has 1 heterocycles. The lowest BCUT2D eigenvalue weighted by Gasteiger charge is -2.05. The Kier molecular flexibility index (Phi) is 2.70. The lowest BCUT2D eigenvalue weighted by Crippen LogP contribution is -2.08. The topological polar surface area (TPSA) is 30.0 Å². The van der Waals surface area contributed by atoms with Crippen molar-refractivity contribution in [1.82, 2.24) is 4.98 Å². The molecule has 1 aromatic heterocycles. The van der Waals surface area contributed by atoms with Gasteiger partial charge in [0, 0.05) is 5.56 Å². The molecule has 0 aliphatic heterocycles. The van der Waals surface area contributed by atoms with Gasteiger partial charge in [-0.2, -0.15) is 13.2 Å². The Hall–Kier alpha value is -0.910. The van der Waals surface area contributed by atoms with Gasteiger partial charge in [-0.3, -0.25) is 4.79 Å². The van der Waals surface area contributed by atoms with Gasteiger partial charge in [-0.15, -0.1) is 0 Å². The van der Waals surface area contributed by atoms with Crippen molar-refractivity contribution in [1.29, 1.82) is 0 Å². The molecule has 0 radical (unpaired) electrons. The van der Waals surface area contributed by atoms with Gasteiger partial charge in [0.1, 0.15) is 16.6 Å². The van der Waals surface area contributed by atoms with E-state index in [0.717, 1.165) is 0 Å². The van der Waals surface area contributed by atoms with E-state index in [9.17, 15) is 18.0 Å². The van der Waals surface area contributed by atoms with E-state index in [-0.39, 0.29) is 10.2 Å². The number of nitrogens with zero attached hydrogens (tertiary/aromatic N) is 1. The van der Waals surface area contributed by atoms with Crippen LogP contribution in [0, 0.1) is 0 Å². The zero-order chi connectivity index (χ0) is 10.1. The maximum absolute atomic E-state index is 12.1. The molecule has 6 heteroatoms. The van der Waals surface area contributed by atoms with Crippen molar-refractivity contribution in [2.45, 2.75) is 6.18 Å². The first kappa shape index (κ1) is 10.2. The van der Waals surface area contributed by atoms with Crippen molar-refractivity contribution in [2.24, 2.45) is 0 Å². The van der Waals surface area contributed by atoms with Crippen molar-refractivity contribution < 1.29 is 18.0 Å². The maximum Gasteiger partial charge on any atom is 0.433 e. The van der Waals surface area contributed by atoms with Crippen LogP contribution in [0.25, 0.3) is 0 Å². The smallest absolute Gasteiger partial charge is 0.298 e. The molecule has 0 atom stereocenters. The summed E-state index contributed by atoms with van der Waals surface area (Å²) < 4.78 is 36.2. The first-order valence-electron chi connectivity index (χ1n) is 3.13. The van der Waals surface area contributed by atoms with Crippen LogP contribution in [0.2, 0.25) is 0 Å². The number of aldehydes is 1. The molecule has 70 valence electrons. The fourth-order valence-corrected chi connectivity index (χ4v) is 1.19. The second-order valence-corrected chi connectivity index (χ2v) is 3.04. The van der Waals surface area contributed by atoms with Crippen molar-refractivity contribution in [3.8, 4) is 0 Å². The molecule has 2 nitrogen and oxygen atoms in total. The molecule has 0 saturated heterocycles. The third-order valence-corrected chi connectivity index (χ3v) is 1.65. The Balaban J connectivity index is 3.24. The zero-order valence-corrected chi connectivity index (χ0v) is 7.69. The SMILES string of the molecule is O=Cc1cc(Br)nc(C(F)(F)F)c1. The molecule has 1 aromatic rings. The van der Waals surface area contributed by atoms with E-state index < -0.39 is 11.9 Å². The number of aromatic nitrogens is 1. The molecule has 0 aliphatic rings. The molecule has 0 aliphatic carbocycles. The summed E-state index contributed by atoms with van der Waals surface area (Å²) in [5, 5.41) is 0. The van der Waals surface area contributed by atoms with Crippen molar-refractivity contribution >= 4 is 22.2 Å². The molecule has 0 aromatic carbocycles. The molecule has 0 amide bonds. The molecule has 0 bridgehead atoms. The number of halogens is 4. The quantitative estimate of drug-likeness (QED) is 0.569. The summed E-state index contributed by atoms with van der Waals surface area (Å²) in [7, 11) is 0. The van der Waals surface area contributed by atoms with Gasteiger partial charge in [-0.1, -0.05) is 0 Å². The summed E-state index contributed by atoms with van der Waals surface area (Å²) in [5.41, 5.74) is -1.14. The van der Waals surface area contributed by atoms with Gasteiger partial charge in [-0.25, -0.2) is 4.98 Å². The summed E-state index contributed by atoms with van der Waals surface area (Å²) in [6.07, 6.45) is -4.19. The average Bonchev–Trinajstić information content (AvgIpc) is 2.01. The number of pyridine rings is 1. The third-order valence-electron chi connectivity index (χ3n) is 1.24. The summed E-state index contributed by atoms with van der Waals surface area (Å²) in [6.45, 7) is 0. The largest absolute Gasteiger partial charge is 0.433 e. The van der Waals surface area contributed by atoms with Gasteiger partial charge in [0.2, 0.25) is 0 Å². The van der Waals surface area contributed by atoms with Gasteiger partial charge in [0.05, 0.1) is 0 Å². The average molecular weight is 254 g/mol. The molecule has 1 rings (SSSR count). The van der Waals surface area contributed by atoms with Gasteiger partial charge in [0.25, 0.3) is 0 Å². The van der Waals surface area contributed by atoms with E-state index in [1.54, 1.807) is 0 Å². The van der Waals surface area contributed by atoms with Crippen molar-refractivity contribution in [2.75, 3.05) is 0 Å². The molecule has 0 fully saturated rings. The van der Waals surface area contributed by atoms with Crippen LogP contribution in [0.5, 0.6) is 0 Å². The van der Waals surface area contributed by atoms with Gasteiger partial charge in [0.15, 0.2) is 0 Å². The molecular formula is C7H3BrF3NO. The predicted octanol–water partition coefficient (Wildman–Crippen LogP) is 2.68. The normalized spacial score (nSPS) is 11.4. The molecule has 0 N–H and O–H groups in total. The van der Waals surface area contributed by atoms with Crippen LogP contribution < -0.4 is 0 Å². The second-order valence-electron chi connectivity index (χ2n) is 2.22. The first-order chi connectivity index (χ1) is 5.93. The van der Waals surface area contributed by atoms with Gasteiger partial charge < -0.3 is 0 Å². The van der Waals surface area contributed by atoms with E-state index >= 15 is 0 Å². The second kappa shape index (κ2) is 3.45. The molecule has 0 unspecified atom stereocenters. The highest BCUT2D eigenvalue weighted by molar-refractivity contribution is 9.10. The van der Waals surface area contributed by atoms with Crippen LogP contribution in [0.15, 0.2) is 16.7 Å². The van der Waals surface area contributed by atoms with E-state index in [4.69, 9.17) is 0 Å². The molecule has 0 spiro atoms. The number of hydrogen-bond acceptors (Lipinski definition) is 2. The highest BCUT2D eigenvalue weighted by Gasteiger charge is 2.32. The lowest BCUT2D eigenvalue weighted by molar-refractivity contribution is -0.141. The highest BCUT2D eigenvalue weighted by Crippen LogP contribution is 2.29. The van der Waals surface area contributed by atoms with E-state index in [1.807, 2.05) is 0 Å². The van der Waals surface area contributed by atoms with Crippen LogP contribution in [0.1, 0.15) is 16.1 Å². The summed E-state index contributed by atoms with van der Waals surface area (Å²) >= 11 is 2.78. The van der Waals surface area contributed by atoms with E-state index in [1.165, 1.54) is 6.07 Å². The Morgan fingerprint density at radius 1 is 1.38 bits per heavy atom. The van der Waals surface area contributed by atoms with Crippen LogP contribution in [0.4, 0.5) is 13.2 Å². The monoisotopic (exact) mass is 253 g/mol. The molecule has 0 saturated carbocycles. The van der Waals surface area contributed by atoms with Crippen LogP contribution >= 0.6 is 15.9 Å². The standard InChI is InChI=1S/C7H3BrF3NO/c8-6-2-4(3-13)1-5(12-6)7(9,10)11/h1-3H. The number of rotatable bonds is 1. The predicted molar refractivity (Wildman–Crippen MR) is 42.3 cm³/mol. The number of carbonyl (C=O) groups excluding carboxylic acids is 1. The Bertz CT molecular complexity index is 337. The number of carbonyl (C=O) groups is 1. The van der Waals surface area contributed by atoms with Crippen LogP contribution in [-0.2, 0) is 6.18 Å². The molecular weight excluding hydrogens is 251 g/mol. The van der Waals surface area contributed by atoms with Gasteiger partial charge in [-0.05, 0) is 28.1 Å². The lowest BCUT2D eigenvalue weighted by atomic mass is 10.2. The fraction of sp³-hybridized carbons (Fsp3) is 0.143. The Morgan fingerprint density at radius 2 is 2.00 bits per heavy atom. The van der Waals surface area contributed by atoms with Crippen molar-refractivity contribution in [3.05, 3.63) is 28.0 Å². The minimum atomic E-state index is -4.53. The highest BCUT2D eigenvalue weighted by atomic mass is 79.9. The third kappa shape index (κ3) is 2.51. The minimum absolute atomic E-state index is 0.00979. The molecule has 13 heavy (non-hydrogen) atoms. The summed E-state index contributed by atoms with van der Waals surface area (Å²) in [6, 6.07) is 1.90. The van der Waals surface area contributed by atoms with Crippen LogP contribution in [-0.4, -0.2) is 11.3 Å². The maximum atomic E-state index is 12.1. The fourth-order valence-electron chi connectivity index (χ4n) is 0.730. The first-order valence-corrected chi connectivity index (χ1v) is 3.93. The number of hydrogen-bond donors (Lipinski definition) is 0. The zero-order valence-electron chi connectivity index (χ0n) is 6.10.